The van der Waals surface area contributed by atoms with Gasteiger partial charge in [-0.05, 0) is 47.5 Å². The third kappa shape index (κ3) is 6.66. The van der Waals surface area contributed by atoms with Crippen LogP contribution in [0.3, 0.4) is 0 Å². The van der Waals surface area contributed by atoms with Crippen molar-refractivity contribution in [3.63, 3.8) is 0 Å². The number of hydrogen-bond donors (Lipinski definition) is 1. The fourth-order valence-electron chi connectivity index (χ4n) is 2.41. The second-order valence-corrected chi connectivity index (χ2v) is 7.37. The number of benzene rings is 3. The fraction of sp³-hybridized carbons (Fsp3) is 0.0909. The Morgan fingerprint density at radius 2 is 1.60 bits per heavy atom. The Morgan fingerprint density at radius 3 is 2.27 bits per heavy atom. The van der Waals surface area contributed by atoms with Crippen LogP contribution in [0.25, 0.3) is 0 Å². The van der Waals surface area contributed by atoms with Crippen LogP contribution in [-0.2, 0) is 11.4 Å². The number of carbonyl (C=O) groups excluding carboxylic acids is 1. The summed E-state index contributed by atoms with van der Waals surface area (Å²) in [6, 6.07) is 19.7. The summed E-state index contributed by atoms with van der Waals surface area (Å²) in [5.74, 6) is 0.504. The molecule has 0 spiro atoms. The molecule has 1 N–H and O–H groups in total. The molecule has 1 amide bonds. The van der Waals surface area contributed by atoms with Crippen molar-refractivity contribution in [2.75, 3.05) is 6.61 Å². The second-order valence-electron chi connectivity index (χ2n) is 6.12. The van der Waals surface area contributed by atoms with Crippen molar-refractivity contribution in [1.29, 1.82) is 0 Å². The molecule has 5 nitrogen and oxygen atoms in total. The topological polar surface area (TPSA) is 59.9 Å². The molecule has 3 aromatic rings. The number of amides is 1. The highest BCUT2D eigenvalue weighted by Crippen LogP contribution is 2.34. The first kappa shape index (κ1) is 22.0. The molecule has 154 valence electrons. The van der Waals surface area contributed by atoms with E-state index in [4.69, 9.17) is 44.3 Å². The average molecular weight is 464 g/mol. The van der Waals surface area contributed by atoms with Crippen LogP contribution in [0.2, 0.25) is 15.1 Å². The Labute approximate surface area is 189 Å². The number of hydrazone groups is 1. The quantitative estimate of drug-likeness (QED) is 0.341. The normalized spacial score (nSPS) is 10.8. The molecule has 0 aliphatic rings. The highest BCUT2D eigenvalue weighted by molar-refractivity contribution is 6.37. The molecule has 0 atom stereocenters. The van der Waals surface area contributed by atoms with Crippen LogP contribution < -0.4 is 14.9 Å². The van der Waals surface area contributed by atoms with Crippen LogP contribution in [0, 0.1) is 0 Å². The standard InChI is InChI=1S/C22H17Cl3N2O3/c23-17-6-8-18(9-7-17)29-14-21(28)27-26-12-16-10-19(24)22(20(25)11-16)30-13-15-4-2-1-3-5-15/h1-12H,13-14H2,(H,27,28)/b26-12-. The predicted molar refractivity (Wildman–Crippen MR) is 120 cm³/mol. The summed E-state index contributed by atoms with van der Waals surface area (Å²) in [7, 11) is 0. The summed E-state index contributed by atoms with van der Waals surface area (Å²) < 4.78 is 11.1. The number of rotatable bonds is 8. The molecule has 3 aromatic carbocycles. The van der Waals surface area contributed by atoms with Crippen molar-refractivity contribution >= 4 is 46.9 Å². The maximum Gasteiger partial charge on any atom is 0.277 e. The Balaban J connectivity index is 1.52. The van der Waals surface area contributed by atoms with E-state index >= 15 is 0 Å². The monoisotopic (exact) mass is 462 g/mol. The van der Waals surface area contributed by atoms with E-state index in [1.54, 1.807) is 36.4 Å². The van der Waals surface area contributed by atoms with Gasteiger partial charge >= 0.3 is 0 Å². The molecule has 0 aliphatic heterocycles. The lowest BCUT2D eigenvalue weighted by molar-refractivity contribution is -0.123. The lowest BCUT2D eigenvalue weighted by atomic mass is 10.2. The van der Waals surface area contributed by atoms with Gasteiger partial charge in [-0.1, -0.05) is 65.1 Å². The summed E-state index contributed by atoms with van der Waals surface area (Å²) in [5, 5.41) is 5.17. The lowest BCUT2D eigenvalue weighted by Crippen LogP contribution is -2.24. The van der Waals surface area contributed by atoms with Crippen molar-refractivity contribution in [1.82, 2.24) is 5.43 Å². The molecular formula is C22H17Cl3N2O3. The summed E-state index contributed by atoms with van der Waals surface area (Å²) >= 11 is 18.4. The zero-order valence-electron chi connectivity index (χ0n) is 15.6. The number of nitrogens with one attached hydrogen (secondary N) is 1. The molecule has 0 bridgehead atoms. The molecule has 30 heavy (non-hydrogen) atoms. The number of nitrogens with zero attached hydrogens (tertiary/aromatic N) is 1. The third-order valence-corrected chi connectivity index (χ3v) is 4.65. The smallest absolute Gasteiger partial charge is 0.277 e. The minimum Gasteiger partial charge on any atom is -0.486 e. The summed E-state index contributed by atoms with van der Waals surface area (Å²) in [4.78, 5) is 11.8. The molecule has 0 saturated heterocycles. The zero-order chi connectivity index (χ0) is 21.3. The van der Waals surface area contributed by atoms with Gasteiger partial charge in [-0.3, -0.25) is 4.79 Å². The van der Waals surface area contributed by atoms with Gasteiger partial charge in [0.25, 0.3) is 5.91 Å². The summed E-state index contributed by atoms with van der Waals surface area (Å²) in [5.41, 5.74) is 3.98. The lowest BCUT2D eigenvalue weighted by Gasteiger charge is -2.11. The van der Waals surface area contributed by atoms with Crippen LogP contribution in [0.15, 0.2) is 71.8 Å². The Morgan fingerprint density at radius 1 is 0.933 bits per heavy atom. The molecule has 0 fully saturated rings. The number of halogens is 3. The van der Waals surface area contributed by atoms with Gasteiger partial charge < -0.3 is 9.47 Å². The van der Waals surface area contributed by atoms with Gasteiger partial charge in [-0.2, -0.15) is 5.10 Å². The van der Waals surface area contributed by atoms with Gasteiger partial charge in [0.2, 0.25) is 0 Å². The van der Waals surface area contributed by atoms with Crippen LogP contribution in [-0.4, -0.2) is 18.7 Å². The van der Waals surface area contributed by atoms with Gasteiger partial charge in [-0.25, -0.2) is 5.43 Å². The molecular weight excluding hydrogens is 447 g/mol. The van der Waals surface area contributed by atoms with Crippen molar-refractivity contribution in [2.45, 2.75) is 6.61 Å². The minimum absolute atomic E-state index is 0.188. The maximum atomic E-state index is 11.8. The Bertz CT molecular complexity index is 1000. The van der Waals surface area contributed by atoms with Crippen LogP contribution in [0.4, 0.5) is 0 Å². The molecule has 0 heterocycles. The molecule has 0 aromatic heterocycles. The van der Waals surface area contributed by atoms with E-state index in [2.05, 4.69) is 10.5 Å². The Hall–Kier alpha value is -2.73. The van der Waals surface area contributed by atoms with Crippen LogP contribution in [0.1, 0.15) is 11.1 Å². The fourth-order valence-corrected chi connectivity index (χ4v) is 3.15. The predicted octanol–water partition coefficient (Wildman–Crippen LogP) is 5.75. The Kier molecular flexibility index (Phi) is 7.97. The number of carbonyl (C=O) groups is 1. The molecule has 8 heteroatoms. The van der Waals surface area contributed by atoms with Gasteiger partial charge in [-0.15, -0.1) is 0 Å². The summed E-state index contributed by atoms with van der Waals surface area (Å²) in [6.07, 6.45) is 1.43. The number of ether oxygens (including phenoxy) is 2. The van der Waals surface area contributed by atoms with Crippen LogP contribution in [0.5, 0.6) is 11.5 Å². The second kappa shape index (κ2) is 10.9. The van der Waals surface area contributed by atoms with Crippen LogP contribution >= 0.6 is 34.8 Å². The molecule has 0 unspecified atom stereocenters. The highest BCUT2D eigenvalue weighted by atomic mass is 35.5. The molecule has 0 radical (unpaired) electrons. The molecule has 0 aliphatic carbocycles. The summed E-state index contributed by atoms with van der Waals surface area (Å²) in [6.45, 7) is 0.157. The van der Waals surface area contributed by atoms with Gasteiger partial charge in [0, 0.05) is 5.02 Å². The van der Waals surface area contributed by atoms with Crippen molar-refractivity contribution < 1.29 is 14.3 Å². The molecule has 3 rings (SSSR count). The largest absolute Gasteiger partial charge is 0.486 e. The van der Waals surface area contributed by atoms with E-state index in [0.29, 0.717) is 38.7 Å². The van der Waals surface area contributed by atoms with E-state index in [9.17, 15) is 4.79 Å². The van der Waals surface area contributed by atoms with Gasteiger partial charge in [0.1, 0.15) is 12.4 Å². The average Bonchev–Trinajstić information content (AvgIpc) is 2.73. The highest BCUT2D eigenvalue weighted by Gasteiger charge is 2.10. The first-order valence-electron chi connectivity index (χ1n) is 8.87. The zero-order valence-corrected chi connectivity index (χ0v) is 17.9. The van der Waals surface area contributed by atoms with Gasteiger partial charge in [0.05, 0.1) is 16.3 Å². The first-order valence-corrected chi connectivity index (χ1v) is 10.0. The SMILES string of the molecule is O=C(COc1ccc(Cl)cc1)N/N=C\c1cc(Cl)c(OCc2ccccc2)c(Cl)c1. The van der Waals surface area contributed by atoms with E-state index in [1.165, 1.54) is 6.21 Å². The maximum absolute atomic E-state index is 11.8. The van der Waals surface area contributed by atoms with E-state index < -0.39 is 5.91 Å². The van der Waals surface area contributed by atoms with Crippen molar-refractivity contribution in [3.8, 4) is 11.5 Å². The van der Waals surface area contributed by atoms with Crippen molar-refractivity contribution in [2.24, 2.45) is 5.10 Å². The first-order chi connectivity index (χ1) is 14.5. The minimum atomic E-state index is -0.416. The number of hydrogen-bond acceptors (Lipinski definition) is 4. The van der Waals surface area contributed by atoms with Crippen molar-refractivity contribution in [3.05, 3.63) is 92.9 Å². The van der Waals surface area contributed by atoms with Gasteiger partial charge in [0.15, 0.2) is 12.4 Å². The third-order valence-electron chi connectivity index (χ3n) is 3.83. The van der Waals surface area contributed by atoms with E-state index in [1.807, 2.05) is 30.3 Å². The van der Waals surface area contributed by atoms with E-state index in [0.717, 1.165) is 5.56 Å². The molecule has 0 saturated carbocycles. The van der Waals surface area contributed by atoms with E-state index in [-0.39, 0.29) is 6.61 Å².